The number of halogens is 1. The number of carbonyl (C=O) groups is 1. The molecule has 0 aromatic carbocycles. The van der Waals surface area contributed by atoms with Gasteiger partial charge in [-0.3, -0.25) is 9.78 Å². The maximum Gasteiger partial charge on any atom is 0.247 e. The number of ketones is 1. The van der Waals surface area contributed by atoms with Gasteiger partial charge in [-0.05, 0) is 30.7 Å². The van der Waals surface area contributed by atoms with Gasteiger partial charge >= 0.3 is 0 Å². The van der Waals surface area contributed by atoms with Crippen LogP contribution in [-0.2, 0) is 13.0 Å². The number of nitrogen functional groups attached to an aromatic ring is 1. The highest BCUT2D eigenvalue weighted by molar-refractivity contribution is 5.99. The first kappa shape index (κ1) is 21.3. The number of hydrogen-bond acceptors (Lipinski definition) is 9. The van der Waals surface area contributed by atoms with Crippen LogP contribution >= 0.6 is 0 Å². The molecule has 0 saturated carbocycles. The summed E-state index contributed by atoms with van der Waals surface area (Å²) in [4.78, 5) is 34.4. The zero-order valence-corrected chi connectivity index (χ0v) is 17.8. The number of Topliss-reactive ketones (excluding diaryl/α,β-unsaturated/α-hetero) is 1. The van der Waals surface area contributed by atoms with Gasteiger partial charge in [0.2, 0.25) is 5.89 Å². The average molecular weight is 458 g/mol. The van der Waals surface area contributed by atoms with Gasteiger partial charge in [0, 0.05) is 30.9 Å². The van der Waals surface area contributed by atoms with Crippen LogP contribution in [0, 0.1) is 5.82 Å². The molecular formula is C23H19FN8O2. The molecule has 0 aliphatic carbocycles. The lowest BCUT2D eigenvalue weighted by atomic mass is 10.1. The lowest BCUT2D eigenvalue weighted by molar-refractivity contribution is 0.0978. The number of nitrogens with two attached hydrogens (primary N) is 2. The molecule has 0 atom stereocenters. The van der Waals surface area contributed by atoms with E-state index >= 15 is 0 Å². The summed E-state index contributed by atoms with van der Waals surface area (Å²) >= 11 is 0. The van der Waals surface area contributed by atoms with Crippen LogP contribution in [-0.4, -0.2) is 35.1 Å². The number of anilines is 1. The summed E-state index contributed by atoms with van der Waals surface area (Å²) in [5.41, 5.74) is 14.9. The highest BCUT2D eigenvalue weighted by Crippen LogP contribution is 2.31. The van der Waals surface area contributed by atoms with Gasteiger partial charge in [0.25, 0.3) is 0 Å². The van der Waals surface area contributed by atoms with Crippen LogP contribution in [0.4, 0.5) is 10.2 Å². The molecule has 0 bridgehead atoms. The molecule has 0 unspecified atom stereocenters. The molecule has 0 aliphatic rings. The van der Waals surface area contributed by atoms with E-state index in [1.165, 1.54) is 30.8 Å². The summed E-state index contributed by atoms with van der Waals surface area (Å²) in [7, 11) is 0. The Morgan fingerprint density at radius 3 is 2.74 bits per heavy atom. The third-order valence-corrected chi connectivity index (χ3v) is 5.31. The predicted octanol–water partition coefficient (Wildman–Crippen LogP) is 2.84. The molecule has 0 saturated heterocycles. The van der Waals surface area contributed by atoms with E-state index in [9.17, 15) is 9.18 Å². The Labute approximate surface area is 192 Å². The number of rotatable bonds is 7. The van der Waals surface area contributed by atoms with Crippen LogP contribution < -0.4 is 11.5 Å². The number of imidazole rings is 1. The van der Waals surface area contributed by atoms with Gasteiger partial charge in [-0.1, -0.05) is 0 Å². The van der Waals surface area contributed by atoms with Crippen molar-refractivity contribution in [3.8, 4) is 22.8 Å². The quantitative estimate of drug-likeness (QED) is 0.351. The highest BCUT2D eigenvalue weighted by atomic mass is 19.1. The number of fused-ring (bicyclic) bond motifs is 1. The lowest BCUT2D eigenvalue weighted by Crippen LogP contribution is -2.12. The number of nitrogens with zero attached hydrogens (tertiary/aromatic N) is 6. The van der Waals surface area contributed by atoms with Crippen LogP contribution in [0.1, 0.15) is 28.3 Å². The van der Waals surface area contributed by atoms with Gasteiger partial charge in [-0.15, -0.1) is 0 Å². The van der Waals surface area contributed by atoms with Crippen molar-refractivity contribution in [2.45, 2.75) is 19.4 Å². The largest absolute Gasteiger partial charge is 0.443 e. The van der Waals surface area contributed by atoms with Crippen LogP contribution in [0.5, 0.6) is 0 Å². The number of oxazole rings is 1. The fourth-order valence-corrected chi connectivity index (χ4v) is 3.62. The van der Waals surface area contributed by atoms with E-state index in [-0.39, 0.29) is 47.4 Å². The second kappa shape index (κ2) is 8.79. The third kappa shape index (κ3) is 3.88. The Balaban J connectivity index is 1.58. The zero-order chi connectivity index (χ0) is 23.7. The van der Waals surface area contributed by atoms with Crippen molar-refractivity contribution in [3.63, 3.8) is 0 Å². The van der Waals surface area contributed by atoms with Crippen LogP contribution in [0.3, 0.4) is 0 Å². The van der Waals surface area contributed by atoms with Crippen molar-refractivity contribution in [2.24, 2.45) is 5.73 Å². The minimum atomic E-state index is -0.473. The molecule has 11 heteroatoms. The summed E-state index contributed by atoms with van der Waals surface area (Å²) < 4.78 is 21.2. The second-order valence-electron chi connectivity index (χ2n) is 7.45. The van der Waals surface area contributed by atoms with Crippen molar-refractivity contribution in [1.82, 2.24) is 29.3 Å². The number of aryl methyl sites for hydroxylation is 1. The zero-order valence-electron chi connectivity index (χ0n) is 17.8. The first-order valence-electron chi connectivity index (χ1n) is 10.4. The van der Waals surface area contributed by atoms with E-state index in [1.807, 2.05) is 4.40 Å². The van der Waals surface area contributed by atoms with Gasteiger partial charge < -0.3 is 20.3 Å². The molecule has 4 N–H and O–H groups in total. The number of hydrogen-bond donors (Lipinski definition) is 2. The Hall–Kier alpha value is -4.51. The van der Waals surface area contributed by atoms with E-state index in [0.717, 1.165) is 5.69 Å². The Morgan fingerprint density at radius 2 is 1.97 bits per heavy atom. The second-order valence-corrected chi connectivity index (χ2v) is 7.45. The van der Waals surface area contributed by atoms with Crippen LogP contribution in [0.25, 0.3) is 28.5 Å². The smallest absolute Gasteiger partial charge is 0.247 e. The number of aromatic nitrogens is 6. The normalized spacial score (nSPS) is 11.2. The predicted molar refractivity (Wildman–Crippen MR) is 121 cm³/mol. The van der Waals surface area contributed by atoms with Crippen LogP contribution in [0.15, 0.2) is 59.7 Å². The van der Waals surface area contributed by atoms with Gasteiger partial charge in [-0.2, -0.15) is 0 Å². The molecule has 5 heterocycles. The monoisotopic (exact) mass is 458 g/mol. The molecule has 5 aromatic heterocycles. The third-order valence-electron chi connectivity index (χ3n) is 5.31. The average Bonchev–Trinajstić information content (AvgIpc) is 3.53. The molecule has 170 valence electrons. The topological polar surface area (TPSA) is 151 Å². The van der Waals surface area contributed by atoms with E-state index in [1.54, 1.807) is 24.5 Å². The van der Waals surface area contributed by atoms with Gasteiger partial charge in [0.1, 0.15) is 29.1 Å². The number of carbonyl (C=O) groups excluding carboxylic acids is 1. The van der Waals surface area contributed by atoms with Gasteiger partial charge in [-0.25, -0.2) is 24.3 Å². The minimum Gasteiger partial charge on any atom is -0.443 e. The highest BCUT2D eigenvalue weighted by Gasteiger charge is 2.22. The first-order chi connectivity index (χ1) is 16.5. The molecule has 0 amide bonds. The van der Waals surface area contributed by atoms with Gasteiger partial charge in [0.15, 0.2) is 17.3 Å². The molecule has 0 radical (unpaired) electrons. The molecule has 34 heavy (non-hydrogen) atoms. The standard InChI is InChI=1S/C23H19FN8O2/c24-15-2-1-7-27-16(15)4-5-17(33)20-22(26)31-21(23-28-8-9-34-23)19(30-20)13-3-6-18-29-11-14(10-25)32(18)12-13/h1-3,6-9,11-12H,4-5,10,25H2,(H2,26,31). The number of pyridine rings is 2. The van der Waals surface area contributed by atoms with Crippen molar-refractivity contribution >= 4 is 17.2 Å². The van der Waals surface area contributed by atoms with Crippen molar-refractivity contribution in [3.05, 3.63) is 78.2 Å². The maximum atomic E-state index is 13.9. The summed E-state index contributed by atoms with van der Waals surface area (Å²) in [5, 5.41) is 0. The Morgan fingerprint density at radius 1 is 1.09 bits per heavy atom. The Bertz CT molecular complexity index is 1500. The van der Waals surface area contributed by atoms with Crippen molar-refractivity contribution in [2.75, 3.05) is 5.73 Å². The van der Waals surface area contributed by atoms with E-state index in [0.29, 0.717) is 23.4 Å². The van der Waals surface area contributed by atoms with Crippen LogP contribution in [0.2, 0.25) is 0 Å². The molecule has 0 fully saturated rings. The first-order valence-corrected chi connectivity index (χ1v) is 10.4. The summed E-state index contributed by atoms with van der Waals surface area (Å²) in [6.45, 7) is 0.290. The lowest BCUT2D eigenvalue weighted by Gasteiger charge is -2.11. The fourth-order valence-electron chi connectivity index (χ4n) is 3.62. The molecule has 5 aromatic rings. The molecule has 5 rings (SSSR count). The molecule has 10 nitrogen and oxygen atoms in total. The minimum absolute atomic E-state index is 0.0218. The molecule has 0 spiro atoms. The Kier molecular flexibility index (Phi) is 5.52. The van der Waals surface area contributed by atoms with E-state index in [4.69, 9.17) is 15.9 Å². The van der Waals surface area contributed by atoms with E-state index in [2.05, 4.69) is 24.9 Å². The summed E-state index contributed by atoms with van der Waals surface area (Å²) in [6.07, 6.45) is 7.91. The molecular weight excluding hydrogens is 439 g/mol. The van der Waals surface area contributed by atoms with Gasteiger partial charge in [0.05, 0.1) is 23.8 Å². The van der Waals surface area contributed by atoms with Crippen molar-refractivity contribution in [1.29, 1.82) is 0 Å². The maximum absolute atomic E-state index is 13.9. The SMILES string of the molecule is NCc1cnc2ccc(-c3nc(C(=O)CCc4ncccc4F)c(N)nc3-c3ncco3)cn12. The van der Waals surface area contributed by atoms with E-state index < -0.39 is 5.82 Å². The summed E-state index contributed by atoms with van der Waals surface area (Å²) in [5.74, 6) is -0.733. The van der Waals surface area contributed by atoms with Crippen molar-refractivity contribution < 1.29 is 13.6 Å². The fraction of sp³-hybridized carbons (Fsp3) is 0.130. The molecule has 0 aliphatic heterocycles. The summed E-state index contributed by atoms with van der Waals surface area (Å²) in [6, 6.07) is 6.39.